The lowest BCUT2D eigenvalue weighted by molar-refractivity contribution is -0.870. The molecule has 0 aliphatic heterocycles. The summed E-state index contributed by atoms with van der Waals surface area (Å²) in [5.74, 6) is -0.217. The van der Waals surface area contributed by atoms with E-state index in [-0.39, 0.29) is 12.5 Å². The molecule has 3 atom stereocenters. The molecule has 0 rings (SSSR count). The summed E-state index contributed by atoms with van der Waals surface area (Å²) in [5, 5.41) is 13.8. The largest absolute Gasteiger partial charge is 0.756 e. The predicted octanol–water partition coefficient (Wildman–Crippen LogP) is 12.6. The summed E-state index contributed by atoms with van der Waals surface area (Å²) in [4.78, 5) is 25.3. The van der Waals surface area contributed by atoms with Crippen molar-refractivity contribution in [2.75, 3.05) is 40.9 Å². The summed E-state index contributed by atoms with van der Waals surface area (Å²) in [7, 11) is 1.23. The number of amides is 1. The Morgan fingerprint density at radius 2 is 0.982 bits per heavy atom. The molecule has 0 fully saturated rings. The van der Waals surface area contributed by atoms with Gasteiger partial charge in [-0.2, -0.15) is 0 Å². The number of quaternary nitrogens is 1. The molecule has 0 heterocycles. The fraction of sp³-hybridized carbons (Fsp3) is 0.812. The van der Waals surface area contributed by atoms with E-state index < -0.39 is 26.6 Å². The van der Waals surface area contributed by atoms with Crippen LogP contribution in [0.2, 0.25) is 0 Å². The van der Waals surface area contributed by atoms with Crippen molar-refractivity contribution in [3.8, 4) is 0 Å². The van der Waals surface area contributed by atoms with E-state index in [4.69, 9.17) is 9.05 Å². The highest BCUT2D eigenvalue weighted by Crippen LogP contribution is 2.38. The number of unbranched alkanes of at least 4 members (excludes halogenated alkanes) is 23. The minimum atomic E-state index is -4.60. The van der Waals surface area contributed by atoms with Gasteiger partial charge in [0.05, 0.1) is 39.9 Å². The molecule has 0 bridgehead atoms. The van der Waals surface area contributed by atoms with Crippen LogP contribution in [0.3, 0.4) is 0 Å². The normalized spacial score (nSPS) is 14.7. The molecule has 0 aliphatic carbocycles. The molecular formula is C48H91N2O6P. The predicted molar refractivity (Wildman–Crippen MR) is 242 cm³/mol. The van der Waals surface area contributed by atoms with Crippen LogP contribution in [0, 0.1) is 0 Å². The Balaban J connectivity index is 4.43. The lowest BCUT2D eigenvalue weighted by Crippen LogP contribution is -2.45. The molecule has 3 unspecified atom stereocenters. The number of nitrogens with zero attached hydrogens (tertiary/aromatic N) is 1. The van der Waals surface area contributed by atoms with E-state index in [1.54, 1.807) is 6.08 Å². The van der Waals surface area contributed by atoms with Crippen LogP contribution >= 0.6 is 7.82 Å². The van der Waals surface area contributed by atoms with Crippen molar-refractivity contribution in [1.29, 1.82) is 0 Å². The van der Waals surface area contributed by atoms with Gasteiger partial charge in [-0.05, 0) is 70.6 Å². The second-order valence-electron chi connectivity index (χ2n) is 17.1. The number of carbonyl (C=O) groups is 1. The molecule has 0 aromatic carbocycles. The summed E-state index contributed by atoms with van der Waals surface area (Å²) < 4.78 is 23.2. The van der Waals surface area contributed by atoms with Crippen molar-refractivity contribution in [2.45, 2.75) is 212 Å². The molecule has 0 saturated heterocycles. The first-order valence-electron chi connectivity index (χ1n) is 23.5. The van der Waals surface area contributed by atoms with Crippen molar-refractivity contribution in [2.24, 2.45) is 0 Å². The van der Waals surface area contributed by atoms with Gasteiger partial charge >= 0.3 is 0 Å². The Kier molecular flexibility index (Phi) is 38.8. The van der Waals surface area contributed by atoms with Crippen molar-refractivity contribution in [1.82, 2.24) is 5.32 Å². The van der Waals surface area contributed by atoms with Gasteiger partial charge in [-0.1, -0.05) is 172 Å². The molecule has 334 valence electrons. The number of rotatable bonds is 42. The van der Waals surface area contributed by atoms with Gasteiger partial charge in [-0.15, -0.1) is 0 Å². The van der Waals surface area contributed by atoms with Crippen LogP contribution in [-0.4, -0.2) is 68.5 Å². The van der Waals surface area contributed by atoms with Gasteiger partial charge in [0.2, 0.25) is 5.91 Å². The van der Waals surface area contributed by atoms with E-state index in [0.29, 0.717) is 17.4 Å². The molecule has 1 amide bonds. The Morgan fingerprint density at radius 3 is 1.42 bits per heavy atom. The third-order valence-electron chi connectivity index (χ3n) is 10.2. The molecule has 0 aromatic rings. The molecule has 8 nitrogen and oxygen atoms in total. The van der Waals surface area contributed by atoms with Crippen molar-refractivity contribution >= 4 is 13.7 Å². The van der Waals surface area contributed by atoms with Crippen LogP contribution in [0.15, 0.2) is 48.6 Å². The summed E-state index contributed by atoms with van der Waals surface area (Å²) in [6.45, 7) is 4.59. The number of phosphoric ester groups is 1. The number of phosphoric acid groups is 1. The van der Waals surface area contributed by atoms with Crippen LogP contribution in [-0.2, 0) is 18.4 Å². The molecule has 0 spiro atoms. The third kappa shape index (κ3) is 42.4. The van der Waals surface area contributed by atoms with Gasteiger partial charge in [0.1, 0.15) is 13.2 Å². The highest BCUT2D eigenvalue weighted by molar-refractivity contribution is 7.45. The maximum Gasteiger partial charge on any atom is 0.268 e. The van der Waals surface area contributed by atoms with Crippen LogP contribution < -0.4 is 10.2 Å². The molecule has 9 heteroatoms. The Labute approximate surface area is 352 Å². The number of carbonyl (C=O) groups excluding carboxylic acids is 1. The Bertz CT molecular complexity index is 1070. The van der Waals surface area contributed by atoms with Crippen LogP contribution in [0.5, 0.6) is 0 Å². The number of hydrogen-bond donors (Lipinski definition) is 2. The van der Waals surface area contributed by atoms with E-state index in [1.807, 2.05) is 27.2 Å². The SMILES string of the molecule is CCCCCCC/C=C/CC/C=C/CC/C=C/C(O)C(COP(=O)([O-])OCC[N+](C)(C)C)NC(=O)CCCCCCCCC/C=C\CCCCCCCCCCC. The molecule has 0 saturated carbocycles. The zero-order chi connectivity index (χ0) is 42.1. The Morgan fingerprint density at radius 1 is 0.596 bits per heavy atom. The summed E-state index contributed by atoms with van der Waals surface area (Å²) in [6, 6.07) is -0.911. The van der Waals surface area contributed by atoms with Gasteiger partial charge < -0.3 is 28.8 Å². The average molecular weight is 823 g/mol. The van der Waals surface area contributed by atoms with Crippen LogP contribution in [0.25, 0.3) is 0 Å². The number of aliphatic hydroxyl groups is 1. The summed E-state index contributed by atoms with van der Waals surface area (Å²) >= 11 is 0. The first-order chi connectivity index (χ1) is 27.5. The molecule has 0 aromatic heterocycles. The van der Waals surface area contributed by atoms with E-state index in [1.165, 1.54) is 135 Å². The van der Waals surface area contributed by atoms with Gasteiger partial charge in [0.25, 0.3) is 7.82 Å². The first kappa shape index (κ1) is 55.5. The maximum atomic E-state index is 12.9. The molecule has 0 radical (unpaired) electrons. The van der Waals surface area contributed by atoms with Crippen LogP contribution in [0.4, 0.5) is 0 Å². The second-order valence-corrected chi connectivity index (χ2v) is 18.5. The number of allylic oxidation sites excluding steroid dienone is 7. The minimum absolute atomic E-state index is 0.0107. The van der Waals surface area contributed by atoms with Crippen molar-refractivity contribution < 1.29 is 32.9 Å². The Hall–Kier alpha value is -1.54. The van der Waals surface area contributed by atoms with E-state index >= 15 is 0 Å². The lowest BCUT2D eigenvalue weighted by Gasteiger charge is -2.29. The summed E-state index contributed by atoms with van der Waals surface area (Å²) in [5.41, 5.74) is 0. The minimum Gasteiger partial charge on any atom is -0.756 e. The molecule has 57 heavy (non-hydrogen) atoms. The monoisotopic (exact) mass is 823 g/mol. The number of aliphatic hydroxyl groups excluding tert-OH is 1. The molecular weight excluding hydrogens is 732 g/mol. The fourth-order valence-electron chi connectivity index (χ4n) is 6.47. The summed E-state index contributed by atoms with van der Waals surface area (Å²) in [6.07, 6.45) is 50.2. The third-order valence-corrected chi connectivity index (χ3v) is 11.2. The molecule has 0 aliphatic rings. The number of hydrogen-bond acceptors (Lipinski definition) is 6. The highest BCUT2D eigenvalue weighted by Gasteiger charge is 2.23. The van der Waals surface area contributed by atoms with E-state index in [0.717, 1.165) is 44.9 Å². The lowest BCUT2D eigenvalue weighted by atomic mass is 10.1. The average Bonchev–Trinajstić information content (AvgIpc) is 3.16. The number of nitrogens with one attached hydrogen (secondary N) is 1. The van der Waals surface area contributed by atoms with Gasteiger partial charge in [0.15, 0.2) is 0 Å². The maximum absolute atomic E-state index is 12.9. The van der Waals surface area contributed by atoms with Crippen molar-refractivity contribution in [3.05, 3.63) is 48.6 Å². The zero-order valence-electron chi connectivity index (χ0n) is 37.8. The van der Waals surface area contributed by atoms with Crippen molar-refractivity contribution in [3.63, 3.8) is 0 Å². The van der Waals surface area contributed by atoms with E-state index in [9.17, 15) is 19.4 Å². The fourth-order valence-corrected chi connectivity index (χ4v) is 7.19. The van der Waals surface area contributed by atoms with Crippen LogP contribution in [0.1, 0.15) is 200 Å². The highest BCUT2D eigenvalue weighted by atomic mass is 31.2. The smallest absolute Gasteiger partial charge is 0.268 e. The van der Waals surface area contributed by atoms with E-state index in [2.05, 4.69) is 55.6 Å². The standard InChI is InChI=1S/C48H91N2O6P/c1-6-8-10-12-14-16-18-20-22-23-24-25-26-28-30-32-34-36-38-40-42-48(52)49-46(45-56-57(53,54)55-44-43-50(3,4)5)47(51)41-39-37-35-33-31-29-27-21-19-17-15-13-11-9-7-2/h19,21,24-25,31,33,39,41,46-47,51H,6-18,20,22-23,26-30,32,34-38,40,42-45H2,1-5H3,(H-,49,52,53,54)/b21-19+,25-24-,33-31+,41-39+. The van der Waals surface area contributed by atoms with Gasteiger partial charge in [-0.25, -0.2) is 0 Å². The second kappa shape index (κ2) is 39.9. The van der Waals surface area contributed by atoms with Gasteiger partial charge in [0, 0.05) is 6.42 Å². The quantitative estimate of drug-likeness (QED) is 0.0275. The first-order valence-corrected chi connectivity index (χ1v) is 25.0. The van der Waals surface area contributed by atoms with Gasteiger partial charge in [-0.3, -0.25) is 9.36 Å². The zero-order valence-corrected chi connectivity index (χ0v) is 38.7. The number of likely N-dealkylation sites (N-methyl/N-ethyl adjacent to an activating group) is 1. The topological polar surface area (TPSA) is 108 Å². The molecule has 2 N–H and O–H groups in total.